The summed E-state index contributed by atoms with van der Waals surface area (Å²) in [5.74, 6) is 0.906. The van der Waals surface area contributed by atoms with Gasteiger partial charge in [0.15, 0.2) is 5.65 Å². The van der Waals surface area contributed by atoms with Crippen LogP contribution in [0.4, 0.5) is 0 Å². The number of aryl methyl sites for hydroxylation is 1. The molecule has 0 saturated heterocycles. The highest BCUT2D eigenvalue weighted by atomic mass is 16.2. The molecule has 0 saturated carbocycles. The Kier molecular flexibility index (Phi) is 4.81. The Morgan fingerprint density at radius 3 is 2.86 bits per heavy atom. The zero-order chi connectivity index (χ0) is 19.7. The van der Waals surface area contributed by atoms with Crippen molar-refractivity contribution in [2.45, 2.75) is 39.8 Å². The number of aromatic amines is 1. The number of nitrogens with one attached hydrogen (secondary N) is 2. The SMILES string of the molecule is CCC(C)C(NC(=O)Cn1nc(C)c2cccnc21)c1nc2ccccc2[nH]1. The number of hydrogen-bond donors (Lipinski definition) is 2. The van der Waals surface area contributed by atoms with Crippen molar-refractivity contribution in [1.82, 2.24) is 30.0 Å². The smallest absolute Gasteiger partial charge is 0.242 e. The molecular formula is C21H24N6O. The molecule has 0 aliphatic heterocycles. The fourth-order valence-corrected chi connectivity index (χ4v) is 3.47. The van der Waals surface area contributed by atoms with Crippen LogP contribution < -0.4 is 5.32 Å². The Balaban J connectivity index is 1.58. The fraction of sp³-hybridized carbons (Fsp3) is 0.333. The number of imidazole rings is 1. The van der Waals surface area contributed by atoms with Crippen LogP contribution in [0.5, 0.6) is 0 Å². The van der Waals surface area contributed by atoms with E-state index < -0.39 is 0 Å². The number of fused-ring (bicyclic) bond motifs is 2. The number of carbonyl (C=O) groups is 1. The van der Waals surface area contributed by atoms with Gasteiger partial charge in [-0.25, -0.2) is 14.6 Å². The van der Waals surface area contributed by atoms with Gasteiger partial charge in [-0.1, -0.05) is 32.4 Å². The Bertz CT molecular complexity index is 1100. The van der Waals surface area contributed by atoms with E-state index in [-0.39, 0.29) is 24.4 Å². The molecule has 7 heteroatoms. The average molecular weight is 376 g/mol. The van der Waals surface area contributed by atoms with E-state index in [2.05, 4.69) is 34.2 Å². The molecule has 0 aliphatic rings. The number of amides is 1. The van der Waals surface area contributed by atoms with Crippen LogP contribution in [0.3, 0.4) is 0 Å². The number of pyridine rings is 1. The van der Waals surface area contributed by atoms with Crippen molar-refractivity contribution >= 4 is 28.0 Å². The third-order valence-electron chi connectivity index (χ3n) is 5.22. The lowest BCUT2D eigenvalue weighted by Crippen LogP contribution is -2.35. The Morgan fingerprint density at radius 1 is 1.25 bits per heavy atom. The van der Waals surface area contributed by atoms with Gasteiger partial charge in [-0.05, 0) is 37.1 Å². The van der Waals surface area contributed by atoms with Gasteiger partial charge in [0.25, 0.3) is 0 Å². The van der Waals surface area contributed by atoms with Gasteiger partial charge >= 0.3 is 0 Å². The number of aromatic nitrogens is 5. The van der Waals surface area contributed by atoms with Crippen molar-refractivity contribution < 1.29 is 4.79 Å². The van der Waals surface area contributed by atoms with Gasteiger partial charge in [0.1, 0.15) is 12.4 Å². The van der Waals surface area contributed by atoms with E-state index in [0.29, 0.717) is 0 Å². The first-order valence-corrected chi connectivity index (χ1v) is 9.59. The van der Waals surface area contributed by atoms with E-state index in [1.807, 2.05) is 43.3 Å². The molecule has 4 rings (SSSR count). The quantitative estimate of drug-likeness (QED) is 0.539. The van der Waals surface area contributed by atoms with Crippen LogP contribution >= 0.6 is 0 Å². The van der Waals surface area contributed by atoms with Gasteiger partial charge in [-0.3, -0.25) is 4.79 Å². The van der Waals surface area contributed by atoms with Crippen molar-refractivity contribution in [3.8, 4) is 0 Å². The van der Waals surface area contributed by atoms with Crippen LogP contribution in [0.25, 0.3) is 22.1 Å². The molecular weight excluding hydrogens is 352 g/mol. The minimum atomic E-state index is -0.194. The van der Waals surface area contributed by atoms with E-state index in [1.165, 1.54) is 0 Å². The molecule has 0 spiro atoms. The minimum Gasteiger partial charge on any atom is -0.344 e. The topological polar surface area (TPSA) is 88.5 Å². The van der Waals surface area contributed by atoms with Crippen molar-refractivity contribution in [1.29, 1.82) is 0 Å². The molecule has 144 valence electrons. The van der Waals surface area contributed by atoms with Crippen LogP contribution in [0.2, 0.25) is 0 Å². The zero-order valence-corrected chi connectivity index (χ0v) is 16.3. The number of para-hydroxylation sites is 2. The third kappa shape index (κ3) is 3.35. The van der Waals surface area contributed by atoms with Crippen LogP contribution in [0.1, 0.15) is 37.8 Å². The van der Waals surface area contributed by atoms with Crippen LogP contribution in [0, 0.1) is 12.8 Å². The summed E-state index contributed by atoms with van der Waals surface area (Å²) in [6, 6.07) is 11.5. The molecule has 2 N–H and O–H groups in total. The van der Waals surface area contributed by atoms with E-state index in [9.17, 15) is 4.79 Å². The molecule has 0 bridgehead atoms. The summed E-state index contributed by atoms with van der Waals surface area (Å²) in [6.07, 6.45) is 2.64. The van der Waals surface area contributed by atoms with Gasteiger partial charge in [0, 0.05) is 11.6 Å². The van der Waals surface area contributed by atoms with Gasteiger partial charge < -0.3 is 10.3 Å². The Morgan fingerprint density at radius 2 is 2.07 bits per heavy atom. The molecule has 0 radical (unpaired) electrons. The molecule has 2 unspecified atom stereocenters. The first-order chi connectivity index (χ1) is 13.6. The second kappa shape index (κ2) is 7.42. The molecule has 4 aromatic rings. The molecule has 3 heterocycles. The van der Waals surface area contributed by atoms with Gasteiger partial charge in [0.05, 0.1) is 22.8 Å². The maximum absolute atomic E-state index is 12.8. The summed E-state index contributed by atoms with van der Waals surface area (Å²) < 4.78 is 1.66. The number of carbonyl (C=O) groups excluding carboxylic acids is 1. The Labute approximate surface area is 163 Å². The van der Waals surface area contributed by atoms with Crippen LogP contribution in [-0.2, 0) is 11.3 Å². The maximum atomic E-state index is 12.8. The number of benzene rings is 1. The summed E-state index contributed by atoms with van der Waals surface area (Å²) in [4.78, 5) is 25.3. The van der Waals surface area contributed by atoms with Gasteiger partial charge in [-0.2, -0.15) is 5.10 Å². The van der Waals surface area contributed by atoms with E-state index >= 15 is 0 Å². The highest BCUT2D eigenvalue weighted by molar-refractivity contribution is 5.82. The number of hydrogen-bond acceptors (Lipinski definition) is 4. The molecule has 0 aliphatic carbocycles. The predicted molar refractivity (Wildman–Crippen MR) is 109 cm³/mol. The van der Waals surface area contributed by atoms with Crippen molar-refractivity contribution in [3.05, 3.63) is 54.1 Å². The average Bonchev–Trinajstić information content (AvgIpc) is 3.27. The number of H-pyrrole nitrogens is 1. The van der Waals surface area contributed by atoms with E-state index in [0.717, 1.165) is 40.0 Å². The van der Waals surface area contributed by atoms with Crippen molar-refractivity contribution in [2.24, 2.45) is 5.92 Å². The highest BCUT2D eigenvalue weighted by Crippen LogP contribution is 2.24. The minimum absolute atomic E-state index is 0.110. The predicted octanol–water partition coefficient (Wildman–Crippen LogP) is 3.52. The number of nitrogens with zero attached hydrogens (tertiary/aromatic N) is 4. The van der Waals surface area contributed by atoms with Gasteiger partial charge in [0.2, 0.25) is 5.91 Å². The summed E-state index contributed by atoms with van der Waals surface area (Å²) in [6.45, 7) is 6.28. The molecule has 1 aromatic carbocycles. The monoisotopic (exact) mass is 376 g/mol. The largest absolute Gasteiger partial charge is 0.344 e. The third-order valence-corrected chi connectivity index (χ3v) is 5.22. The van der Waals surface area contributed by atoms with Crippen molar-refractivity contribution in [2.75, 3.05) is 0 Å². The number of rotatable bonds is 6. The maximum Gasteiger partial charge on any atom is 0.242 e. The normalized spacial score (nSPS) is 13.7. The summed E-state index contributed by atoms with van der Waals surface area (Å²) >= 11 is 0. The lowest BCUT2D eigenvalue weighted by molar-refractivity contribution is -0.123. The zero-order valence-electron chi connectivity index (χ0n) is 16.3. The molecule has 7 nitrogen and oxygen atoms in total. The van der Waals surface area contributed by atoms with Crippen molar-refractivity contribution in [3.63, 3.8) is 0 Å². The van der Waals surface area contributed by atoms with Crippen LogP contribution in [-0.4, -0.2) is 30.6 Å². The van der Waals surface area contributed by atoms with Gasteiger partial charge in [-0.15, -0.1) is 0 Å². The fourth-order valence-electron chi connectivity index (χ4n) is 3.47. The first-order valence-electron chi connectivity index (χ1n) is 9.59. The van der Waals surface area contributed by atoms with Crippen LogP contribution in [0.15, 0.2) is 42.6 Å². The first kappa shape index (κ1) is 18.2. The highest BCUT2D eigenvalue weighted by Gasteiger charge is 2.24. The van der Waals surface area contributed by atoms with E-state index in [1.54, 1.807) is 10.9 Å². The lowest BCUT2D eigenvalue weighted by atomic mass is 9.98. The van der Waals surface area contributed by atoms with E-state index in [4.69, 9.17) is 4.98 Å². The molecule has 28 heavy (non-hydrogen) atoms. The Hall–Kier alpha value is -3.22. The second-order valence-electron chi connectivity index (χ2n) is 7.19. The molecule has 1 amide bonds. The molecule has 0 fully saturated rings. The summed E-state index contributed by atoms with van der Waals surface area (Å²) in [7, 11) is 0. The second-order valence-corrected chi connectivity index (χ2v) is 7.19. The summed E-state index contributed by atoms with van der Waals surface area (Å²) in [5, 5.41) is 8.59. The summed E-state index contributed by atoms with van der Waals surface area (Å²) in [5.41, 5.74) is 3.46. The lowest BCUT2D eigenvalue weighted by Gasteiger charge is -2.22. The standard InChI is InChI=1S/C21H24N6O/c1-4-13(2)19(20-23-16-9-5-6-10-17(16)24-20)25-18(28)12-27-21-15(14(3)26-27)8-7-11-22-21/h5-11,13,19H,4,12H2,1-3H3,(H,23,24)(H,25,28). The molecule has 3 aromatic heterocycles. The molecule has 2 atom stereocenters.